The lowest BCUT2D eigenvalue weighted by Gasteiger charge is -2.05. The Morgan fingerprint density at radius 1 is 1.06 bits per heavy atom. The average Bonchev–Trinajstić information content (AvgIpc) is 3.53. The van der Waals surface area contributed by atoms with Gasteiger partial charge in [-0.3, -0.25) is 9.59 Å². The van der Waals surface area contributed by atoms with E-state index in [0.29, 0.717) is 17.1 Å². The minimum absolute atomic E-state index is 0.187. The van der Waals surface area contributed by atoms with Crippen molar-refractivity contribution in [3.05, 3.63) is 71.8 Å². The predicted molar refractivity (Wildman–Crippen MR) is 130 cm³/mol. The quantitative estimate of drug-likeness (QED) is 0.193. The van der Waals surface area contributed by atoms with Gasteiger partial charge in [0.1, 0.15) is 11.6 Å². The number of anilines is 1. The number of benzene rings is 2. The van der Waals surface area contributed by atoms with Gasteiger partial charge in [-0.2, -0.15) is 5.10 Å². The second-order valence-corrected chi connectivity index (χ2v) is 7.93. The summed E-state index contributed by atoms with van der Waals surface area (Å²) in [5.41, 5.74) is 10.5. The Morgan fingerprint density at radius 2 is 1.81 bits per heavy atom. The number of H-pyrrole nitrogens is 2. The number of fused-ring (bicyclic) bond motifs is 2. The van der Waals surface area contributed by atoms with Gasteiger partial charge in [0.25, 0.3) is 0 Å². The van der Waals surface area contributed by atoms with Crippen molar-refractivity contribution < 1.29 is 29.7 Å². The number of rotatable bonds is 6. The third-order valence-corrected chi connectivity index (χ3v) is 5.31. The molecule has 3 aromatic heterocycles. The fourth-order valence-corrected chi connectivity index (χ4v) is 3.59. The van der Waals surface area contributed by atoms with Crippen LogP contribution in [0.1, 0.15) is 28.3 Å². The zero-order valence-electron chi connectivity index (χ0n) is 19.0. The highest BCUT2D eigenvalue weighted by molar-refractivity contribution is 6.12. The molecule has 36 heavy (non-hydrogen) atoms. The number of para-hydroxylation sites is 1. The number of carboxylic acids is 2. The number of aliphatic hydroxyl groups is 1. The fourth-order valence-electron chi connectivity index (χ4n) is 3.59. The van der Waals surface area contributed by atoms with Crippen LogP contribution in [0.15, 0.2) is 54.7 Å². The lowest BCUT2D eigenvalue weighted by atomic mass is 10.1. The van der Waals surface area contributed by atoms with Gasteiger partial charge in [0, 0.05) is 10.9 Å². The average molecular weight is 490 g/mol. The van der Waals surface area contributed by atoms with Gasteiger partial charge >= 0.3 is 11.9 Å². The van der Waals surface area contributed by atoms with Crippen molar-refractivity contribution in [2.24, 2.45) is 0 Å². The molecule has 0 aliphatic carbocycles. The number of carbonyl (C=O) groups is 3. The first-order chi connectivity index (χ1) is 17.1. The van der Waals surface area contributed by atoms with E-state index in [2.05, 4.69) is 20.1 Å². The number of imidazole rings is 1. The monoisotopic (exact) mass is 490 g/mol. The number of nitrogen functional groups attached to an aromatic ring is 1. The molecule has 0 bridgehead atoms. The van der Waals surface area contributed by atoms with Crippen LogP contribution in [0.25, 0.3) is 27.6 Å². The second-order valence-electron chi connectivity index (χ2n) is 7.93. The first-order valence-corrected chi connectivity index (χ1v) is 10.7. The molecule has 3 heterocycles. The molecule has 0 unspecified atom stereocenters. The van der Waals surface area contributed by atoms with Crippen LogP contribution in [0.3, 0.4) is 0 Å². The van der Waals surface area contributed by atoms with Crippen molar-refractivity contribution in [2.45, 2.75) is 19.4 Å². The Morgan fingerprint density at radius 3 is 2.47 bits per heavy atom. The molecule has 1 atom stereocenters. The van der Waals surface area contributed by atoms with E-state index >= 15 is 0 Å². The number of hydrogen-bond donors (Lipinski definition) is 6. The van der Waals surface area contributed by atoms with E-state index in [1.165, 1.54) is 6.20 Å². The van der Waals surface area contributed by atoms with Crippen molar-refractivity contribution in [1.82, 2.24) is 24.7 Å². The summed E-state index contributed by atoms with van der Waals surface area (Å²) in [4.78, 5) is 43.1. The van der Waals surface area contributed by atoms with Crippen LogP contribution in [0.2, 0.25) is 0 Å². The van der Waals surface area contributed by atoms with E-state index in [-0.39, 0.29) is 5.78 Å². The summed E-state index contributed by atoms with van der Waals surface area (Å²) in [6.07, 6.45) is -1.04. The van der Waals surface area contributed by atoms with Crippen LogP contribution < -0.4 is 5.73 Å². The number of nitrogens with zero attached hydrogens (tertiary/aromatic N) is 3. The first kappa shape index (κ1) is 24.2. The number of aromatic nitrogens is 5. The SMILES string of the molecule is Cc1nc2ccc(-n3ncc(C(=O)c4cc5ccccc5[nH]4)c3N)cc2[nH]1.O=C(O)C[C@H](O)C(=O)O. The second kappa shape index (κ2) is 9.72. The van der Waals surface area contributed by atoms with Crippen LogP contribution >= 0.6 is 0 Å². The highest BCUT2D eigenvalue weighted by atomic mass is 16.4. The van der Waals surface area contributed by atoms with Crippen LogP contribution in [-0.2, 0) is 9.59 Å². The number of aryl methyl sites for hydroxylation is 1. The number of hydrogen-bond acceptors (Lipinski definition) is 7. The van der Waals surface area contributed by atoms with Crippen LogP contribution in [-0.4, -0.2) is 63.9 Å². The molecular weight excluding hydrogens is 468 g/mol. The van der Waals surface area contributed by atoms with E-state index < -0.39 is 24.5 Å². The molecule has 0 saturated heterocycles. The van der Waals surface area contributed by atoms with E-state index in [1.807, 2.05) is 55.5 Å². The minimum Gasteiger partial charge on any atom is -0.481 e. The maximum absolute atomic E-state index is 12.9. The first-order valence-electron chi connectivity index (χ1n) is 10.7. The van der Waals surface area contributed by atoms with Gasteiger partial charge in [-0.1, -0.05) is 18.2 Å². The molecule has 0 fully saturated rings. The highest BCUT2D eigenvalue weighted by Crippen LogP contribution is 2.24. The minimum atomic E-state index is -1.79. The lowest BCUT2D eigenvalue weighted by molar-refractivity contribution is -0.152. The molecule has 5 rings (SSSR count). The number of nitrogens with one attached hydrogen (secondary N) is 2. The summed E-state index contributed by atoms with van der Waals surface area (Å²) in [5, 5.41) is 29.4. The molecule has 184 valence electrons. The molecule has 7 N–H and O–H groups in total. The number of aliphatic carboxylic acids is 2. The summed E-state index contributed by atoms with van der Waals surface area (Å²) < 4.78 is 1.56. The number of ketones is 1. The molecule has 5 aromatic rings. The van der Waals surface area contributed by atoms with E-state index in [0.717, 1.165) is 33.4 Å². The van der Waals surface area contributed by atoms with Crippen LogP contribution in [0.5, 0.6) is 0 Å². The van der Waals surface area contributed by atoms with Crippen molar-refractivity contribution in [3.63, 3.8) is 0 Å². The van der Waals surface area contributed by atoms with Gasteiger partial charge in [0.15, 0.2) is 6.10 Å². The fraction of sp³-hybridized carbons (Fsp3) is 0.125. The van der Waals surface area contributed by atoms with Crippen LogP contribution in [0, 0.1) is 6.92 Å². The van der Waals surface area contributed by atoms with Crippen molar-refractivity contribution in [3.8, 4) is 5.69 Å². The third-order valence-electron chi connectivity index (χ3n) is 5.31. The van der Waals surface area contributed by atoms with Crippen molar-refractivity contribution in [2.75, 3.05) is 5.73 Å². The van der Waals surface area contributed by atoms with Gasteiger partial charge in [0.2, 0.25) is 5.78 Å². The zero-order chi connectivity index (χ0) is 26.0. The summed E-state index contributed by atoms with van der Waals surface area (Å²) >= 11 is 0. The Hall–Kier alpha value is -4.97. The number of aliphatic hydroxyl groups excluding tert-OH is 1. The number of aromatic amines is 2. The highest BCUT2D eigenvalue weighted by Gasteiger charge is 2.20. The maximum Gasteiger partial charge on any atom is 0.333 e. The molecule has 12 heteroatoms. The maximum atomic E-state index is 12.9. The summed E-state index contributed by atoms with van der Waals surface area (Å²) in [5.74, 6) is -1.89. The number of carbonyl (C=O) groups excluding carboxylic acids is 1. The number of carboxylic acid groups (broad SMARTS) is 2. The van der Waals surface area contributed by atoms with E-state index in [4.69, 9.17) is 21.1 Å². The molecule has 2 aromatic carbocycles. The Bertz CT molecular complexity index is 1560. The Kier molecular flexibility index (Phi) is 6.52. The van der Waals surface area contributed by atoms with E-state index in [9.17, 15) is 14.4 Å². The predicted octanol–water partition coefficient (Wildman–Crippen LogP) is 2.26. The third kappa shape index (κ3) is 4.93. The smallest absolute Gasteiger partial charge is 0.333 e. The van der Waals surface area contributed by atoms with Gasteiger partial charge in [0.05, 0.1) is 40.6 Å². The number of nitrogens with two attached hydrogens (primary N) is 1. The van der Waals surface area contributed by atoms with Crippen molar-refractivity contribution in [1.29, 1.82) is 0 Å². The van der Waals surface area contributed by atoms with E-state index in [1.54, 1.807) is 4.68 Å². The molecular formula is C24H22N6O6. The molecule has 0 spiro atoms. The van der Waals surface area contributed by atoms with Gasteiger partial charge in [-0.05, 0) is 37.3 Å². The lowest BCUT2D eigenvalue weighted by Crippen LogP contribution is -2.22. The van der Waals surface area contributed by atoms with Gasteiger partial charge in [-0.15, -0.1) is 0 Å². The molecule has 12 nitrogen and oxygen atoms in total. The molecule has 0 aliphatic rings. The molecule has 0 aliphatic heterocycles. The zero-order valence-corrected chi connectivity index (χ0v) is 19.0. The van der Waals surface area contributed by atoms with Gasteiger partial charge < -0.3 is 31.0 Å². The van der Waals surface area contributed by atoms with Crippen LogP contribution in [0.4, 0.5) is 5.82 Å². The normalized spacial score (nSPS) is 11.7. The Labute approximate surface area is 203 Å². The summed E-state index contributed by atoms with van der Waals surface area (Å²) in [7, 11) is 0. The molecule has 0 saturated carbocycles. The van der Waals surface area contributed by atoms with Gasteiger partial charge in [-0.25, -0.2) is 14.5 Å². The molecule has 0 amide bonds. The standard InChI is InChI=1S/C20H16N6O.C4H6O5/c1-11-23-16-7-6-13(9-17(16)24-11)26-20(21)14(10-22-26)19(27)18-8-12-4-2-3-5-15(12)25-18;5-2(4(8)9)1-3(6)7/h2-10,25H,21H2,1H3,(H,23,24);2,5H,1H2,(H,6,7)(H,8,9)/t;2-/m.0/s1. The summed E-state index contributed by atoms with van der Waals surface area (Å²) in [6, 6.07) is 15.3. The summed E-state index contributed by atoms with van der Waals surface area (Å²) in [6.45, 7) is 1.90. The Balaban J connectivity index is 0.000000292. The topological polar surface area (TPSA) is 200 Å². The largest absolute Gasteiger partial charge is 0.481 e. The van der Waals surface area contributed by atoms with Crippen molar-refractivity contribution >= 4 is 45.5 Å². The molecule has 0 radical (unpaired) electrons.